The van der Waals surface area contributed by atoms with Crippen molar-refractivity contribution in [1.82, 2.24) is 9.97 Å². The fourth-order valence-electron chi connectivity index (χ4n) is 2.53. The molecule has 0 aromatic carbocycles. The number of phosphoric acid groups is 1. The van der Waals surface area contributed by atoms with Crippen LogP contribution in [0.3, 0.4) is 0 Å². The maximum absolute atomic E-state index is 12.0. The van der Waals surface area contributed by atoms with Crippen molar-refractivity contribution >= 4 is 25.3 Å². The topological polar surface area (TPSA) is 201 Å². The number of nitrogen functional groups attached to an aromatic ring is 1. The Bertz CT molecular complexity index is 769. The largest absolute Gasteiger partial charge is 0.472 e. The molecular formula is C11H18N5O8P. The molecule has 0 saturated carbocycles. The van der Waals surface area contributed by atoms with E-state index >= 15 is 0 Å². The summed E-state index contributed by atoms with van der Waals surface area (Å²) in [7, 11) is -4.52. The third kappa shape index (κ3) is 3.48. The lowest BCUT2D eigenvalue weighted by Crippen LogP contribution is -2.64. The van der Waals surface area contributed by atoms with E-state index in [1.165, 1.54) is 0 Å². The number of nitrogens with zero attached hydrogens (tertiary/aromatic N) is 1. The summed E-state index contributed by atoms with van der Waals surface area (Å²) >= 11 is 0. The highest BCUT2D eigenvalue weighted by Crippen LogP contribution is 2.47. The van der Waals surface area contributed by atoms with Crippen molar-refractivity contribution in [2.45, 2.75) is 31.1 Å². The number of H-pyrrole nitrogens is 1. The Hall–Kier alpha value is -1.73. The second kappa shape index (κ2) is 6.21. The van der Waals surface area contributed by atoms with E-state index in [1.807, 2.05) is 0 Å². The van der Waals surface area contributed by atoms with Gasteiger partial charge in [-0.15, -0.1) is 0 Å². The van der Waals surface area contributed by atoms with Gasteiger partial charge >= 0.3 is 7.82 Å². The number of aromatic amines is 1. The summed E-state index contributed by atoms with van der Waals surface area (Å²) in [5.41, 5.74) is 4.74. The third-order valence-electron chi connectivity index (χ3n) is 3.80. The Morgan fingerprint density at radius 3 is 2.80 bits per heavy atom. The molecule has 14 heteroatoms. The van der Waals surface area contributed by atoms with E-state index in [1.54, 1.807) is 0 Å². The van der Waals surface area contributed by atoms with Crippen molar-refractivity contribution in [3.05, 3.63) is 10.4 Å². The van der Waals surface area contributed by atoms with Crippen LogP contribution in [0.15, 0.2) is 4.79 Å². The molecule has 0 bridgehead atoms. The molecule has 1 saturated heterocycles. The second-order valence-corrected chi connectivity index (χ2v) is 6.97. The quantitative estimate of drug-likeness (QED) is 0.196. The van der Waals surface area contributed by atoms with Gasteiger partial charge in [-0.3, -0.25) is 18.8 Å². The summed E-state index contributed by atoms with van der Waals surface area (Å²) in [4.78, 5) is 27.7. The molecule has 3 heterocycles. The summed E-state index contributed by atoms with van der Waals surface area (Å²) < 4.78 is 26.6. The molecule has 2 aliphatic rings. The lowest BCUT2D eigenvalue weighted by Gasteiger charge is -2.43. The van der Waals surface area contributed by atoms with Gasteiger partial charge < -0.3 is 36.2 Å². The number of hydrogen-bond donors (Lipinski definition) is 7. The van der Waals surface area contributed by atoms with Gasteiger partial charge in [0.1, 0.15) is 17.8 Å². The Kier molecular flexibility index (Phi) is 4.49. The number of aromatic nitrogens is 2. The lowest BCUT2D eigenvalue weighted by atomic mass is 9.98. The van der Waals surface area contributed by atoms with Crippen LogP contribution < -0.4 is 21.9 Å². The number of fused-ring (bicyclic) bond motifs is 2. The predicted octanol–water partition coefficient (Wildman–Crippen LogP) is -1.88. The summed E-state index contributed by atoms with van der Waals surface area (Å²) in [6.45, 7) is 0.697. The number of ether oxygens (including phenoxy) is 1. The fourth-order valence-corrected chi connectivity index (χ4v) is 3.45. The molecule has 8 N–H and O–H groups in total. The first-order valence-electron chi connectivity index (χ1n) is 7.25. The second-order valence-electron chi connectivity index (χ2n) is 5.56. The summed E-state index contributed by atoms with van der Waals surface area (Å²) in [6.07, 6.45) is -2.66. The smallest absolute Gasteiger partial charge is 0.369 e. The molecular weight excluding hydrogens is 361 g/mol. The van der Waals surface area contributed by atoms with Crippen LogP contribution in [0, 0.1) is 0 Å². The van der Waals surface area contributed by atoms with Gasteiger partial charge in [0.05, 0.1) is 13.2 Å². The molecule has 0 radical (unpaired) electrons. The van der Waals surface area contributed by atoms with E-state index < -0.39 is 37.5 Å². The standard InChI is InChI=1S/C11H18N5O8P/c1-4-11(18,19)6-9(22-2-3-23-25(20,21)24-4)14-7-5(13-6)8(17)16-10(12)15-7/h4,6,9,13,18-19H,2-3H2,1H3,(H,20,21)(H4,12,14,15,16,17)/t4-,6+,9+/m0/s1. The number of phosphoric ester groups is 1. The van der Waals surface area contributed by atoms with Crippen LogP contribution in [0.4, 0.5) is 17.5 Å². The van der Waals surface area contributed by atoms with Crippen LogP contribution in [0.2, 0.25) is 0 Å². The molecule has 1 aromatic heterocycles. The molecule has 3 rings (SSSR count). The van der Waals surface area contributed by atoms with Crippen molar-refractivity contribution in [1.29, 1.82) is 0 Å². The van der Waals surface area contributed by atoms with Crippen LogP contribution in [0.5, 0.6) is 0 Å². The maximum Gasteiger partial charge on any atom is 0.472 e. The van der Waals surface area contributed by atoms with Gasteiger partial charge in [0, 0.05) is 0 Å². The molecule has 0 amide bonds. The van der Waals surface area contributed by atoms with Crippen LogP contribution in [0.1, 0.15) is 6.92 Å². The van der Waals surface area contributed by atoms with Crippen LogP contribution in [-0.2, 0) is 18.3 Å². The highest BCUT2D eigenvalue weighted by molar-refractivity contribution is 7.47. The first-order valence-corrected chi connectivity index (χ1v) is 8.74. The van der Waals surface area contributed by atoms with E-state index in [2.05, 4.69) is 25.1 Å². The molecule has 13 nitrogen and oxygen atoms in total. The fraction of sp³-hybridized carbons (Fsp3) is 0.636. The van der Waals surface area contributed by atoms with Crippen molar-refractivity contribution in [2.75, 3.05) is 29.6 Å². The molecule has 2 aliphatic heterocycles. The van der Waals surface area contributed by atoms with Gasteiger partial charge in [0.15, 0.2) is 12.0 Å². The van der Waals surface area contributed by atoms with E-state index in [-0.39, 0.29) is 30.7 Å². The SMILES string of the molecule is C[C@@H]1OP(=O)(O)OCCO[C@H]2Nc3nc(N)[nH]c(=O)c3N[C@H]2C1(O)O. The molecule has 4 atom stereocenters. The maximum atomic E-state index is 12.0. The van der Waals surface area contributed by atoms with Crippen molar-refractivity contribution in [2.24, 2.45) is 0 Å². The number of aliphatic hydroxyl groups is 2. The molecule has 0 spiro atoms. The Morgan fingerprint density at radius 1 is 1.36 bits per heavy atom. The molecule has 1 fully saturated rings. The van der Waals surface area contributed by atoms with Gasteiger partial charge in [0.25, 0.3) is 5.56 Å². The number of nitrogens with two attached hydrogens (primary N) is 1. The number of rotatable bonds is 0. The van der Waals surface area contributed by atoms with Gasteiger partial charge in [-0.1, -0.05) is 0 Å². The highest BCUT2D eigenvalue weighted by atomic mass is 31.2. The van der Waals surface area contributed by atoms with Crippen molar-refractivity contribution in [3.63, 3.8) is 0 Å². The highest BCUT2D eigenvalue weighted by Gasteiger charge is 2.51. The minimum atomic E-state index is -4.52. The molecule has 25 heavy (non-hydrogen) atoms. The third-order valence-corrected chi connectivity index (χ3v) is 4.89. The monoisotopic (exact) mass is 379 g/mol. The Balaban J connectivity index is 2.00. The van der Waals surface area contributed by atoms with Crippen LogP contribution in [0.25, 0.3) is 0 Å². The zero-order valence-corrected chi connectivity index (χ0v) is 13.9. The minimum Gasteiger partial charge on any atom is -0.369 e. The average molecular weight is 379 g/mol. The normalized spacial score (nSPS) is 34.8. The predicted molar refractivity (Wildman–Crippen MR) is 83.5 cm³/mol. The van der Waals surface area contributed by atoms with Gasteiger partial charge in [-0.2, -0.15) is 4.98 Å². The number of hydrogen-bond acceptors (Lipinski definition) is 11. The first kappa shape index (κ1) is 18.1. The Morgan fingerprint density at radius 2 is 2.08 bits per heavy atom. The summed E-state index contributed by atoms with van der Waals surface area (Å²) in [5.74, 6) is -2.81. The molecule has 140 valence electrons. The minimum absolute atomic E-state index is 0.0534. The molecule has 1 unspecified atom stereocenters. The number of anilines is 3. The average Bonchev–Trinajstić information content (AvgIpc) is 2.49. The van der Waals surface area contributed by atoms with E-state index in [4.69, 9.17) is 15.0 Å². The van der Waals surface area contributed by atoms with Gasteiger partial charge in [0.2, 0.25) is 11.7 Å². The molecule has 1 aromatic rings. The Labute approximate surface area is 140 Å². The molecule has 0 aliphatic carbocycles. The first-order chi connectivity index (χ1) is 11.6. The van der Waals surface area contributed by atoms with Crippen molar-refractivity contribution < 1.29 is 33.5 Å². The van der Waals surface area contributed by atoms with E-state index in [0.29, 0.717) is 0 Å². The van der Waals surface area contributed by atoms with Crippen LogP contribution in [-0.4, -0.2) is 62.4 Å². The summed E-state index contributed by atoms with van der Waals surface area (Å²) in [6, 6.07) is -1.35. The van der Waals surface area contributed by atoms with Crippen LogP contribution >= 0.6 is 7.82 Å². The van der Waals surface area contributed by atoms with Gasteiger partial charge in [-0.05, 0) is 6.92 Å². The van der Waals surface area contributed by atoms with Crippen molar-refractivity contribution in [3.8, 4) is 0 Å². The van der Waals surface area contributed by atoms with Gasteiger partial charge in [-0.25, -0.2) is 4.57 Å². The summed E-state index contributed by atoms with van der Waals surface area (Å²) in [5, 5.41) is 26.3. The zero-order chi connectivity index (χ0) is 18.4. The lowest BCUT2D eigenvalue weighted by molar-refractivity contribution is -0.241. The van der Waals surface area contributed by atoms with E-state index in [0.717, 1.165) is 6.92 Å². The number of nitrogens with one attached hydrogen (secondary N) is 3. The van der Waals surface area contributed by atoms with E-state index in [9.17, 15) is 24.5 Å². The zero-order valence-electron chi connectivity index (χ0n) is 13.0.